The first-order valence-electron chi connectivity index (χ1n) is 21.2. The smallest absolute Gasteiger partial charge is 0.256 e. The fourth-order valence-electron chi connectivity index (χ4n) is 8.68. The maximum atomic E-state index is 14.8. The Morgan fingerprint density at radius 1 is 0.897 bits per heavy atom. The van der Waals surface area contributed by atoms with Crippen molar-refractivity contribution in [1.29, 1.82) is 0 Å². The number of nitrogens with one attached hydrogen (secondary N) is 2. The zero-order chi connectivity index (χ0) is 40.8. The van der Waals surface area contributed by atoms with Gasteiger partial charge in [-0.1, -0.05) is 69.4 Å². The SMILES string of the molecule is COc1ccc2c(O[C@@H]3C[C@H]4C(=O)N[C@H](C(=O)NS(=O)(=O)C5CC5)[C@@H](C)CCCCCCC[C@H](CC(=O)N5CCCCC5)C(=O)N4C3)cc(-c3ccccc3)nc2c1. The van der Waals surface area contributed by atoms with E-state index in [1.807, 2.05) is 66.4 Å². The number of piperidine rings is 1. The van der Waals surface area contributed by atoms with E-state index in [0.29, 0.717) is 61.5 Å². The number of amides is 4. The molecule has 3 aliphatic heterocycles. The molecule has 0 unspecified atom stereocenters. The van der Waals surface area contributed by atoms with Gasteiger partial charge in [0.05, 0.1) is 30.1 Å². The summed E-state index contributed by atoms with van der Waals surface area (Å²) in [6.45, 7) is 3.29. The minimum Gasteiger partial charge on any atom is -0.497 e. The van der Waals surface area contributed by atoms with E-state index in [1.54, 1.807) is 12.0 Å². The highest BCUT2D eigenvalue weighted by atomic mass is 32.2. The quantitative estimate of drug-likeness (QED) is 0.274. The maximum Gasteiger partial charge on any atom is 0.256 e. The average molecular weight is 816 g/mol. The van der Waals surface area contributed by atoms with E-state index in [0.717, 1.165) is 62.3 Å². The summed E-state index contributed by atoms with van der Waals surface area (Å²) in [5, 5.41) is 3.03. The second kappa shape index (κ2) is 18.5. The molecule has 0 radical (unpaired) electrons. The molecule has 7 rings (SSSR count). The molecule has 4 amide bonds. The van der Waals surface area contributed by atoms with Crippen LogP contribution < -0.4 is 19.5 Å². The third-order valence-electron chi connectivity index (χ3n) is 12.2. The molecule has 4 aliphatic rings. The summed E-state index contributed by atoms with van der Waals surface area (Å²) in [6.07, 6.45) is 8.89. The zero-order valence-electron chi connectivity index (χ0n) is 33.7. The van der Waals surface area contributed by atoms with Gasteiger partial charge in [0, 0.05) is 54.9 Å². The summed E-state index contributed by atoms with van der Waals surface area (Å²) in [5.74, 6) is -1.49. The number of benzene rings is 2. The molecular weight excluding hydrogens is 759 g/mol. The van der Waals surface area contributed by atoms with Crippen LogP contribution in [-0.4, -0.2) is 97.0 Å². The molecule has 3 saturated heterocycles. The summed E-state index contributed by atoms with van der Waals surface area (Å²) >= 11 is 0. The highest BCUT2D eigenvalue weighted by Gasteiger charge is 2.45. The number of sulfonamides is 1. The molecular formula is C44H57N5O8S. The van der Waals surface area contributed by atoms with E-state index in [2.05, 4.69) is 10.0 Å². The monoisotopic (exact) mass is 815 g/mol. The van der Waals surface area contributed by atoms with Crippen LogP contribution in [0.2, 0.25) is 0 Å². The van der Waals surface area contributed by atoms with Gasteiger partial charge < -0.3 is 24.6 Å². The second-order valence-electron chi connectivity index (χ2n) is 16.6. The fraction of sp³-hybridized carbons (Fsp3) is 0.568. The van der Waals surface area contributed by atoms with Gasteiger partial charge in [-0.25, -0.2) is 13.4 Å². The van der Waals surface area contributed by atoms with Crippen LogP contribution in [0.15, 0.2) is 54.6 Å². The Bertz CT molecular complexity index is 2070. The summed E-state index contributed by atoms with van der Waals surface area (Å²) in [7, 11) is -2.28. The molecule has 3 aromatic rings. The summed E-state index contributed by atoms with van der Waals surface area (Å²) in [6, 6.07) is 15.0. The number of ether oxygens (including phenoxy) is 2. The van der Waals surface area contributed by atoms with Crippen LogP contribution in [0.25, 0.3) is 22.2 Å². The number of likely N-dealkylation sites (tertiary alicyclic amines) is 1. The van der Waals surface area contributed by atoms with Crippen molar-refractivity contribution in [3.8, 4) is 22.8 Å². The van der Waals surface area contributed by atoms with Gasteiger partial charge in [0.2, 0.25) is 27.7 Å². The zero-order valence-corrected chi connectivity index (χ0v) is 34.5. The predicted octanol–water partition coefficient (Wildman–Crippen LogP) is 5.75. The van der Waals surface area contributed by atoms with Gasteiger partial charge in [-0.2, -0.15) is 0 Å². The third-order valence-corrected chi connectivity index (χ3v) is 14.1. The van der Waals surface area contributed by atoms with Crippen molar-refractivity contribution in [3.05, 3.63) is 54.6 Å². The molecule has 0 spiro atoms. The molecule has 14 heteroatoms. The topological polar surface area (TPSA) is 164 Å². The highest BCUT2D eigenvalue weighted by Crippen LogP contribution is 2.36. The van der Waals surface area contributed by atoms with Crippen molar-refractivity contribution in [2.75, 3.05) is 26.7 Å². The molecule has 1 aromatic heterocycles. The number of nitrogens with zero attached hydrogens (tertiary/aromatic N) is 3. The average Bonchev–Trinajstić information content (AvgIpc) is 4.02. The number of pyridine rings is 1. The normalized spacial score (nSPS) is 25.2. The summed E-state index contributed by atoms with van der Waals surface area (Å²) in [4.78, 5) is 65.1. The lowest BCUT2D eigenvalue weighted by Gasteiger charge is -2.32. The third kappa shape index (κ3) is 9.93. The Hall–Kier alpha value is -4.72. The van der Waals surface area contributed by atoms with Gasteiger partial charge in [-0.3, -0.25) is 23.9 Å². The van der Waals surface area contributed by atoms with E-state index in [-0.39, 0.29) is 37.1 Å². The van der Waals surface area contributed by atoms with Crippen molar-refractivity contribution in [3.63, 3.8) is 0 Å². The van der Waals surface area contributed by atoms with Crippen molar-refractivity contribution in [2.45, 2.75) is 120 Å². The molecule has 5 atom stereocenters. The minimum atomic E-state index is -3.87. The molecule has 13 nitrogen and oxygen atoms in total. The van der Waals surface area contributed by atoms with E-state index in [9.17, 15) is 27.6 Å². The first kappa shape index (κ1) is 41.4. The summed E-state index contributed by atoms with van der Waals surface area (Å²) in [5.41, 5.74) is 2.21. The van der Waals surface area contributed by atoms with E-state index >= 15 is 0 Å². The van der Waals surface area contributed by atoms with E-state index in [1.165, 1.54) is 0 Å². The van der Waals surface area contributed by atoms with Crippen molar-refractivity contribution in [2.24, 2.45) is 11.8 Å². The van der Waals surface area contributed by atoms with E-state index < -0.39 is 51.2 Å². The molecule has 1 saturated carbocycles. The Balaban J connectivity index is 1.21. The summed E-state index contributed by atoms with van der Waals surface area (Å²) < 4.78 is 40.3. The Labute approximate surface area is 341 Å². The van der Waals surface area contributed by atoms with Gasteiger partial charge in [0.15, 0.2) is 0 Å². The number of hydrogen-bond donors (Lipinski definition) is 2. The molecule has 1 aliphatic carbocycles. The minimum absolute atomic E-state index is 0.0430. The standard InChI is InChI=1S/C44H57N5O8S/c1-29-14-8-4-3-5-9-17-31(24-40(50)48-22-12-7-13-23-48)44(53)49-28-33(26-38(49)42(51)46-41(29)43(52)47-58(54,55)34-19-20-34)57-39-27-36(30-15-10-6-11-16-30)45-37-25-32(56-2)18-21-35(37)39/h6,10-11,15-16,18,21,25,27,29,31,33-34,38,41H,3-5,7-9,12-14,17,19-20,22-24,26,28H2,1-2H3,(H,46,51)(H,47,52)/t29-,31+,33+,38-,41-/m0/s1. The number of hydrogen-bond acceptors (Lipinski definition) is 9. The first-order valence-corrected chi connectivity index (χ1v) is 22.7. The Morgan fingerprint density at radius 3 is 2.33 bits per heavy atom. The van der Waals surface area contributed by atoms with Crippen LogP contribution in [-0.2, 0) is 29.2 Å². The number of carbonyl (C=O) groups excluding carboxylic acids is 4. The number of fused-ring (bicyclic) bond motifs is 2. The maximum absolute atomic E-state index is 14.8. The van der Waals surface area contributed by atoms with Crippen LogP contribution in [0.4, 0.5) is 0 Å². The molecule has 4 fully saturated rings. The molecule has 312 valence electrons. The van der Waals surface area contributed by atoms with Crippen LogP contribution in [0.5, 0.6) is 11.5 Å². The molecule has 58 heavy (non-hydrogen) atoms. The Kier molecular flexibility index (Phi) is 13.2. The molecule has 4 heterocycles. The first-order chi connectivity index (χ1) is 28.0. The van der Waals surface area contributed by atoms with Gasteiger partial charge in [-0.15, -0.1) is 0 Å². The van der Waals surface area contributed by atoms with Gasteiger partial charge in [0.25, 0.3) is 5.91 Å². The molecule has 2 aromatic carbocycles. The molecule has 2 N–H and O–H groups in total. The lowest BCUT2D eigenvalue weighted by molar-refractivity contribution is -0.145. The van der Waals surface area contributed by atoms with Gasteiger partial charge in [0.1, 0.15) is 29.7 Å². The number of rotatable bonds is 9. The van der Waals surface area contributed by atoms with Crippen molar-refractivity contribution >= 4 is 44.6 Å². The van der Waals surface area contributed by atoms with Crippen LogP contribution in [0.3, 0.4) is 0 Å². The van der Waals surface area contributed by atoms with E-state index in [4.69, 9.17) is 14.5 Å². The van der Waals surface area contributed by atoms with Crippen LogP contribution in [0.1, 0.15) is 96.8 Å². The molecule has 0 bridgehead atoms. The number of aromatic nitrogens is 1. The lowest BCUT2D eigenvalue weighted by atomic mass is 9.93. The lowest BCUT2D eigenvalue weighted by Crippen LogP contribution is -2.56. The van der Waals surface area contributed by atoms with Gasteiger partial charge >= 0.3 is 0 Å². The van der Waals surface area contributed by atoms with Crippen molar-refractivity contribution in [1.82, 2.24) is 24.8 Å². The fourth-order valence-corrected chi connectivity index (χ4v) is 10.0. The van der Waals surface area contributed by atoms with Crippen molar-refractivity contribution < 1.29 is 37.1 Å². The van der Waals surface area contributed by atoms with Crippen LogP contribution in [0, 0.1) is 11.8 Å². The second-order valence-corrected chi connectivity index (χ2v) is 18.6. The number of carbonyl (C=O) groups is 4. The largest absolute Gasteiger partial charge is 0.497 e. The predicted molar refractivity (Wildman–Crippen MR) is 220 cm³/mol. The number of methoxy groups -OCH3 is 1. The highest BCUT2D eigenvalue weighted by molar-refractivity contribution is 7.90. The van der Waals surface area contributed by atoms with Gasteiger partial charge in [-0.05, 0) is 63.0 Å². The van der Waals surface area contributed by atoms with Crippen LogP contribution >= 0.6 is 0 Å². The Morgan fingerprint density at radius 2 is 1.60 bits per heavy atom.